The highest BCUT2D eigenvalue weighted by molar-refractivity contribution is 5.95. The molecule has 0 saturated carbocycles. The highest BCUT2D eigenvalue weighted by atomic mass is 16.2. The van der Waals surface area contributed by atoms with Crippen molar-refractivity contribution >= 4 is 5.91 Å². The summed E-state index contributed by atoms with van der Waals surface area (Å²) in [6.45, 7) is 6.82. The number of rotatable bonds is 4. The molecule has 0 atom stereocenters. The minimum Gasteiger partial charge on any atom is -0.341 e. The van der Waals surface area contributed by atoms with Crippen molar-refractivity contribution in [1.29, 1.82) is 0 Å². The fourth-order valence-corrected chi connectivity index (χ4v) is 2.70. The maximum absolute atomic E-state index is 12.6. The number of nitrogens with zero attached hydrogens (tertiary/aromatic N) is 3. The number of carbonyl (C=O) groups excluding carboxylic acids is 1. The molecule has 2 rings (SSSR count). The van der Waals surface area contributed by atoms with E-state index in [9.17, 15) is 4.79 Å². The van der Waals surface area contributed by atoms with Crippen LogP contribution in [-0.2, 0) is 6.42 Å². The van der Waals surface area contributed by atoms with Gasteiger partial charge in [0.05, 0.1) is 17.0 Å². The summed E-state index contributed by atoms with van der Waals surface area (Å²) in [5, 5.41) is 11.5. The Kier molecular flexibility index (Phi) is 5.06. The lowest BCUT2D eigenvalue weighted by atomic mass is 9.97. The lowest BCUT2D eigenvalue weighted by Gasteiger charge is -2.28. The number of hydrogen-bond acceptors (Lipinski definition) is 4. The average Bonchev–Trinajstić information content (AvgIpc) is 2.47. The van der Waals surface area contributed by atoms with Gasteiger partial charge in [0, 0.05) is 13.6 Å². The molecule has 0 aliphatic carbocycles. The molecule has 0 aromatic carbocycles. The van der Waals surface area contributed by atoms with Gasteiger partial charge in [0.1, 0.15) is 0 Å². The maximum atomic E-state index is 12.6. The summed E-state index contributed by atoms with van der Waals surface area (Å²) in [5.41, 5.74) is 2.29. The largest absolute Gasteiger partial charge is 0.341 e. The molecule has 20 heavy (non-hydrogen) atoms. The zero-order chi connectivity index (χ0) is 14.5. The molecule has 1 aromatic rings. The smallest absolute Gasteiger partial charge is 0.255 e. The van der Waals surface area contributed by atoms with E-state index in [4.69, 9.17) is 0 Å². The first-order chi connectivity index (χ1) is 9.61. The molecule has 5 nitrogen and oxygen atoms in total. The van der Waals surface area contributed by atoms with Gasteiger partial charge in [-0.2, -0.15) is 10.2 Å². The number of carbonyl (C=O) groups is 1. The summed E-state index contributed by atoms with van der Waals surface area (Å²) in [6, 6.07) is 1.85. The molecule has 0 bridgehead atoms. The molecule has 2 heterocycles. The standard InChI is InChI=1S/C15H24N4O/c1-4-14-13(9-11(2)17-18-14)15(20)19(3)10-12-5-7-16-8-6-12/h9,12,16H,4-8,10H2,1-3H3. The van der Waals surface area contributed by atoms with Gasteiger partial charge in [0.25, 0.3) is 5.91 Å². The van der Waals surface area contributed by atoms with Crippen LogP contribution < -0.4 is 5.32 Å². The topological polar surface area (TPSA) is 58.1 Å². The monoisotopic (exact) mass is 276 g/mol. The van der Waals surface area contributed by atoms with Crippen molar-refractivity contribution in [2.24, 2.45) is 5.92 Å². The second-order valence-corrected chi connectivity index (χ2v) is 5.58. The number of hydrogen-bond donors (Lipinski definition) is 1. The van der Waals surface area contributed by atoms with Gasteiger partial charge in [-0.05, 0) is 51.3 Å². The summed E-state index contributed by atoms with van der Waals surface area (Å²) in [5.74, 6) is 0.671. The Hall–Kier alpha value is -1.49. The first-order valence-corrected chi connectivity index (χ1v) is 7.41. The van der Waals surface area contributed by atoms with Crippen LogP contribution in [0.4, 0.5) is 0 Å². The van der Waals surface area contributed by atoms with Crippen LogP contribution in [0, 0.1) is 12.8 Å². The van der Waals surface area contributed by atoms with Crippen molar-refractivity contribution in [1.82, 2.24) is 20.4 Å². The predicted octanol–water partition coefficient (Wildman–Crippen LogP) is 1.42. The fraction of sp³-hybridized carbons (Fsp3) is 0.667. The molecule has 0 radical (unpaired) electrons. The van der Waals surface area contributed by atoms with Gasteiger partial charge in [0.2, 0.25) is 0 Å². The van der Waals surface area contributed by atoms with Crippen molar-refractivity contribution in [3.8, 4) is 0 Å². The van der Waals surface area contributed by atoms with Crippen molar-refractivity contribution in [2.45, 2.75) is 33.1 Å². The Labute approximate surface area is 120 Å². The third-order valence-electron chi connectivity index (χ3n) is 3.90. The number of piperidine rings is 1. The van der Waals surface area contributed by atoms with E-state index in [1.54, 1.807) is 0 Å². The third-order valence-corrected chi connectivity index (χ3v) is 3.90. The average molecular weight is 276 g/mol. The first-order valence-electron chi connectivity index (χ1n) is 7.41. The van der Waals surface area contributed by atoms with Crippen molar-refractivity contribution in [3.05, 3.63) is 23.0 Å². The van der Waals surface area contributed by atoms with E-state index in [0.717, 1.165) is 50.3 Å². The van der Waals surface area contributed by atoms with Crippen molar-refractivity contribution in [3.63, 3.8) is 0 Å². The molecule has 1 amide bonds. The minimum atomic E-state index is 0.0679. The van der Waals surface area contributed by atoms with Gasteiger partial charge in [-0.25, -0.2) is 0 Å². The van der Waals surface area contributed by atoms with Crippen LogP contribution in [0.15, 0.2) is 6.07 Å². The molecular formula is C15H24N4O. The van der Waals surface area contributed by atoms with Crippen LogP contribution in [0.5, 0.6) is 0 Å². The second-order valence-electron chi connectivity index (χ2n) is 5.58. The molecular weight excluding hydrogens is 252 g/mol. The number of amides is 1. The van der Waals surface area contributed by atoms with E-state index in [0.29, 0.717) is 11.5 Å². The quantitative estimate of drug-likeness (QED) is 0.903. The number of aromatic nitrogens is 2. The van der Waals surface area contributed by atoms with Crippen LogP contribution in [-0.4, -0.2) is 47.7 Å². The van der Waals surface area contributed by atoms with Crippen LogP contribution in [0.2, 0.25) is 0 Å². The number of aryl methyl sites for hydroxylation is 2. The molecule has 1 fully saturated rings. The summed E-state index contributed by atoms with van der Waals surface area (Å²) in [4.78, 5) is 14.4. The van der Waals surface area contributed by atoms with E-state index in [2.05, 4.69) is 15.5 Å². The molecule has 1 aliphatic rings. The van der Waals surface area contributed by atoms with Crippen molar-refractivity contribution in [2.75, 3.05) is 26.7 Å². The van der Waals surface area contributed by atoms with Gasteiger partial charge >= 0.3 is 0 Å². The Morgan fingerprint density at radius 2 is 2.10 bits per heavy atom. The van der Waals surface area contributed by atoms with E-state index in [1.165, 1.54) is 0 Å². The Bertz CT molecular complexity index is 469. The van der Waals surface area contributed by atoms with E-state index < -0.39 is 0 Å². The highest BCUT2D eigenvalue weighted by Crippen LogP contribution is 2.16. The maximum Gasteiger partial charge on any atom is 0.255 e. The molecule has 0 unspecified atom stereocenters. The molecule has 1 aliphatic heterocycles. The van der Waals surface area contributed by atoms with E-state index >= 15 is 0 Å². The lowest BCUT2D eigenvalue weighted by Crippen LogP contribution is -2.37. The Morgan fingerprint density at radius 1 is 1.40 bits per heavy atom. The Morgan fingerprint density at radius 3 is 2.75 bits per heavy atom. The third kappa shape index (κ3) is 3.54. The fourth-order valence-electron chi connectivity index (χ4n) is 2.70. The lowest BCUT2D eigenvalue weighted by molar-refractivity contribution is 0.0760. The number of nitrogens with one attached hydrogen (secondary N) is 1. The SMILES string of the molecule is CCc1nnc(C)cc1C(=O)N(C)CC1CCNCC1. The van der Waals surface area contributed by atoms with Crippen LogP contribution in [0.1, 0.15) is 41.5 Å². The van der Waals surface area contributed by atoms with Gasteiger partial charge < -0.3 is 10.2 Å². The molecule has 1 aromatic heterocycles. The van der Waals surface area contributed by atoms with E-state index in [-0.39, 0.29) is 5.91 Å². The highest BCUT2D eigenvalue weighted by Gasteiger charge is 2.21. The van der Waals surface area contributed by atoms with E-state index in [1.807, 2.05) is 31.9 Å². The molecule has 0 spiro atoms. The van der Waals surface area contributed by atoms with Crippen LogP contribution in [0.25, 0.3) is 0 Å². The molecule has 1 saturated heterocycles. The van der Waals surface area contributed by atoms with Crippen LogP contribution in [0.3, 0.4) is 0 Å². The summed E-state index contributed by atoms with van der Waals surface area (Å²) < 4.78 is 0. The minimum absolute atomic E-state index is 0.0679. The zero-order valence-corrected chi connectivity index (χ0v) is 12.6. The van der Waals surface area contributed by atoms with Gasteiger partial charge in [-0.15, -0.1) is 0 Å². The summed E-state index contributed by atoms with van der Waals surface area (Å²) in [7, 11) is 1.89. The van der Waals surface area contributed by atoms with Gasteiger partial charge in [-0.3, -0.25) is 4.79 Å². The van der Waals surface area contributed by atoms with Gasteiger partial charge in [0.15, 0.2) is 0 Å². The second kappa shape index (κ2) is 6.79. The molecule has 110 valence electrons. The molecule has 5 heteroatoms. The first kappa shape index (κ1) is 14.9. The Balaban J connectivity index is 2.07. The van der Waals surface area contributed by atoms with Gasteiger partial charge in [-0.1, -0.05) is 6.92 Å². The summed E-state index contributed by atoms with van der Waals surface area (Å²) in [6.07, 6.45) is 3.02. The van der Waals surface area contributed by atoms with Crippen molar-refractivity contribution < 1.29 is 4.79 Å². The zero-order valence-electron chi connectivity index (χ0n) is 12.6. The normalized spacial score (nSPS) is 16.1. The molecule has 1 N–H and O–H groups in total. The van der Waals surface area contributed by atoms with Crippen LogP contribution >= 0.6 is 0 Å². The predicted molar refractivity (Wildman–Crippen MR) is 78.7 cm³/mol. The summed E-state index contributed by atoms with van der Waals surface area (Å²) >= 11 is 0.